The van der Waals surface area contributed by atoms with Crippen molar-refractivity contribution in [1.82, 2.24) is 9.62 Å². The number of methoxy groups -OCH3 is 2. The molecule has 1 aliphatic heterocycles. The van der Waals surface area contributed by atoms with Crippen LogP contribution < -0.4 is 20.1 Å². The van der Waals surface area contributed by atoms with E-state index in [1.54, 1.807) is 29.6 Å². The highest BCUT2D eigenvalue weighted by molar-refractivity contribution is 7.89. The molecule has 2 aromatic carbocycles. The van der Waals surface area contributed by atoms with Gasteiger partial charge < -0.3 is 20.1 Å². The van der Waals surface area contributed by atoms with Gasteiger partial charge in [-0.3, -0.25) is 0 Å². The van der Waals surface area contributed by atoms with E-state index in [9.17, 15) is 8.42 Å². The molecule has 0 radical (unpaired) electrons. The smallest absolute Gasteiger partial charge is 0.243 e. The van der Waals surface area contributed by atoms with Gasteiger partial charge in [0.15, 0.2) is 5.11 Å². The first-order chi connectivity index (χ1) is 14.4. The van der Waals surface area contributed by atoms with Crippen molar-refractivity contribution in [2.45, 2.75) is 30.7 Å². The lowest BCUT2D eigenvalue weighted by Gasteiger charge is -2.26. The standard InChI is InChI=1S/C21H27N3O4S2/c1-27-17-8-6-16(7-9-17)15-22-21(29)23-19-14-18(10-11-20(19)28-2)30(25,26)24-12-4-3-5-13-24/h6-11,14H,3-5,12-13,15H2,1-2H3,(H2,22,23,29). The number of benzene rings is 2. The van der Waals surface area contributed by atoms with E-state index in [0.717, 1.165) is 30.6 Å². The van der Waals surface area contributed by atoms with Gasteiger partial charge >= 0.3 is 0 Å². The molecule has 0 spiro atoms. The van der Waals surface area contributed by atoms with Crippen LogP contribution in [0.2, 0.25) is 0 Å². The third-order valence-corrected chi connectivity index (χ3v) is 7.13. The molecule has 3 rings (SSSR count). The molecule has 0 bridgehead atoms. The lowest BCUT2D eigenvalue weighted by atomic mass is 10.2. The molecule has 0 atom stereocenters. The zero-order valence-electron chi connectivity index (χ0n) is 17.2. The van der Waals surface area contributed by atoms with Gasteiger partial charge in [0.2, 0.25) is 10.0 Å². The first-order valence-electron chi connectivity index (χ1n) is 9.80. The molecule has 2 N–H and O–H groups in total. The molecule has 1 aliphatic rings. The minimum atomic E-state index is -3.54. The van der Waals surface area contributed by atoms with Crippen LogP contribution in [-0.2, 0) is 16.6 Å². The molecule has 1 fully saturated rings. The van der Waals surface area contributed by atoms with Crippen molar-refractivity contribution in [1.29, 1.82) is 0 Å². The predicted molar refractivity (Wildman–Crippen MR) is 122 cm³/mol. The summed E-state index contributed by atoms with van der Waals surface area (Å²) in [7, 11) is -0.386. The van der Waals surface area contributed by atoms with Crippen LogP contribution in [0.25, 0.3) is 0 Å². The fraction of sp³-hybridized carbons (Fsp3) is 0.381. The first kappa shape index (κ1) is 22.3. The molecule has 1 saturated heterocycles. The number of hydrogen-bond acceptors (Lipinski definition) is 5. The molecule has 162 valence electrons. The van der Waals surface area contributed by atoms with Gasteiger partial charge in [-0.15, -0.1) is 0 Å². The number of piperidine rings is 1. The van der Waals surface area contributed by atoms with Gasteiger partial charge in [0.05, 0.1) is 24.8 Å². The number of ether oxygens (including phenoxy) is 2. The van der Waals surface area contributed by atoms with Crippen molar-refractivity contribution in [2.75, 3.05) is 32.6 Å². The summed E-state index contributed by atoms with van der Waals surface area (Å²) >= 11 is 5.39. The fourth-order valence-corrected chi connectivity index (χ4v) is 5.02. The van der Waals surface area contributed by atoms with Gasteiger partial charge in [-0.1, -0.05) is 18.6 Å². The average molecular weight is 450 g/mol. The summed E-state index contributed by atoms with van der Waals surface area (Å²) in [5.41, 5.74) is 1.54. The van der Waals surface area contributed by atoms with Crippen molar-refractivity contribution < 1.29 is 17.9 Å². The van der Waals surface area contributed by atoms with Crippen LogP contribution in [0.1, 0.15) is 24.8 Å². The molecule has 0 aromatic heterocycles. The zero-order chi connectivity index (χ0) is 21.6. The maximum atomic E-state index is 13.0. The van der Waals surface area contributed by atoms with Gasteiger partial charge in [0, 0.05) is 19.6 Å². The predicted octanol–water partition coefficient (Wildman–Crippen LogP) is 3.37. The molecule has 2 aromatic rings. The van der Waals surface area contributed by atoms with E-state index in [4.69, 9.17) is 21.7 Å². The number of nitrogens with one attached hydrogen (secondary N) is 2. The van der Waals surface area contributed by atoms with Crippen LogP contribution in [0.3, 0.4) is 0 Å². The van der Waals surface area contributed by atoms with E-state index in [1.165, 1.54) is 7.11 Å². The summed E-state index contributed by atoms with van der Waals surface area (Å²) < 4.78 is 38.0. The topological polar surface area (TPSA) is 79.9 Å². The van der Waals surface area contributed by atoms with Crippen LogP contribution in [0.4, 0.5) is 5.69 Å². The summed E-state index contributed by atoms with van der Waals surface area (Å²) in [5.74, 6) is 1.30. The number of rotatable bonds is 7. The highest BCUT2D eigenvalue weighted by Crippen LogP contribution is 2.30. The highest BCUT2D eigenvalue weighted by Gasteiger charge is 2.26. The Morgan fingerprint density at radius 2 is 1.73 bits per heavy atom. The van der Waals surface area contributed by atoms with E-state index in [-0.39, 0.29) is 4.90 Å². The molecule has 9 heteroatoms. The Kier molecular flexibility index (Phi) is 7.52. The minimum Gasteiger partial charge on any atom is -0.497 e. The molecule has 30 heavy (non-hydrogen) atoms. The number of sulfonamides is 1. The van der Waals surface area contributed by atoms with Gasteiger partial charge in [-0.25, -0.2) is 8.42 Å². The van der Waals surface area contributed by atoms with Crippen LogP contribution in [0, 0.1) is 0 Å². The summed E-state index contributed by atoms with van der Waals surface area (Å²) in [6.45, 7) is 1.63. The van der Waals surface area contributed by atoms with E-state index in [1.807, 2.05) is 24.3 Å². The maximum Gasteiger partial charge on any atom is 0.243 e. The molecular weight excluding hydrogens is 422 g/mol. The molecule has 0 amide bonds. The van der Waals surface area contributed by atoms with E-state index in [2.05, 4.69) is 10.6 Å². The SMILES string of the molecule is COc1ccc(CNC(=S)Nc2cc(S(=O)(=O)N3CCCCC3)ccc2OC)cc1. The normalized spacial score (nSPS) is 14.7. The quantitative estimate of drug-likeness (QED) is 0.628. The van der Waals surface area contributed by atoms with Crippen molar-refractivity contribution in [3.05, 3.63) is 48.0 Å². The second-order valence-corrected chi connectivity index (χ2v) is 9.33. The third-order valence-electron chi connectivity index (χ3n) is 4.98. The molecule has 0 aliphatic carbocycles. The monoisotopic (exact) mass is 449 g/mol. The minimum absolute atomic E-state index is 0.227. The van der Waals surface area contributed by atoms with Crippen molar-refractivity contribution in [3.63, 3.8) is 0 Å². The lowest BCUT2D eigenvalue weighted by molar-refractivity contribution is 0.346. The first-order valence-corrected chi connectivity index (χ1v) is 11.6. The van der Waals surface area contributed by atoms with E-state index in [0.29, 0.717) is 36.2 Å². The lowest BCUT2D eigenvalue weighted by Crippen LogP contribution is -2.35. The molecule has 0 unspecified atom stereocenters. The zero-order valence-corrected chi connectivity index (χ0v) is 18.8. The summed E-state index contributed by atoms with van der Waals surface area (Å²) in [4.78, 5) is 0.227. The third kappa shape index (κ3) is 5.41. The van der Waals surface area contributed by atoms with Gasteiger partial charge in [0.1, 0.15) is 11.5 Å². The van der Waals surface area contributed by atoms with Gasteiger partial charge in [-0.2, -0.15) is 4.31 Å². The molecule has 0 saturated carbocycles. The van der Waals surface area contributed by atoms with E-state index < -0.39 is 10.0 Å². The Morgan fingerprint density at radius 3 is 2.37 bits per heavy atom. The van der Waals surface area contributed by atoms with Gasteiger partial charge in [-0.05, 0) is 61.0 Å². The summed E-state index contributed by atoms with van der Waals surface area (Å²) in [5, 5.41) is 6.55. The maximum absolute atomic E-state index is 13.0. The van der Waals surface area contributed by atoms with Crippen molar-refractivity contribution in [2.24, 2.45) is 0 Å². The van der Waals surface area contributed by atoms with Crippen LogP contribution in [-0.4, -0.2) is 45.1 Å². The summed E-state index contributed by atoms with van der Waals surface area (Å²) in [6.07, 6.45) is 2.84. The highest BCUT2D eigenvalue weighted by atomic mass is 32.2. The second-order valence-electron chi connectivity index (χ2n) is 6.98. The fourth-order valence-electron chi connectivity index (χ4n) is 3.29. The van der Waals surface area contributed by atoms with Crippen molar-refractivity contribution >= 4 is 33.0 Å². The molecule has 7 nitrogen and oxygen atoms in total. The Morgan fingerprint density at radius 1 is 1.03 bits per heavy atom. The molecule has 1 heterocycles. The molecular formula is C21H27N3O4S2. The van der Waals surface area contributed by atoms with Gasteiger partial charge in [0.25, 0.3) is 0 Å². The van der Waals surface area contributed by atoms with Crippen LogP contribution in [0.5, 0.6) is 11.5 Å². The van der Waals surface area contributed by atoms with E-state index >= 15 is 0 Å². The average Bonchev–Trinajstić information content (AvgIpc) is 2.78. The number of thiocarbonyl (C=S) groups is 1. The Balaban J connectivity index is 1.70. The Hall–Kier alpha value is -2.36. The number of anilines is 1. The second kappa shape index (κ2) is 10.1. The van der Waals surface area contributed by atoms with Crippen LogP contribution >= 0.6 is 12.2 Å². The number of nitrogens with zero attached hydrogens (tertiary/aromatic N) is 1. The Bertz CT molecular complexity index is 972. The summed E-state index contributed by atoms with van der Waals surface area (Å²) in [6, 6.07) is 12.4. The Labute approximate surface area is 183 Å². The van der Waals surface area contributed by atoms with Crippen molar-refractivity contribution in [3.8, 4) is 11.5 Å². The van der Waals surface area contributed by atoms with Crippen LogP contribution in [0.15, 0.2) is 47.4 Å². The number of hydrogen-bond donors (Lipinski definition) is 2. The largest absolute Gasteiger partial charge is 0.497 e.